The van der Waals surface area contributed by atoms with Gasteiger partial charge in [0.25, 0.3) is 11.5 Å². The Morgan fingerprint density at radius 2 is 1.96 bits per heavy atom. The molecule has 130 valence electrons. The van der Waals surface area contributed by atoms with E-state index in [9.17, 15) is 9.59 Å². The van der Waals surface area contributed by atoms with Crippen LogP contribution in [0.1, 0.15) is 60.5 Å². The number of pyridine rings is 1. The summed E-state index contributed by atoms with van der Waals surface area (Å²) < 4.78 is 9.99. The Bertz CT molecular complexity index is 720. The zero-order valence-electron chi connectivity index (χ0n) is 13.5. The van der Waals surface area contributed by atoms with Crippen molar-refractivity contribution in [3.63, 3.8) is 0 Å². The normalized spacial score (nSPS) is 26.9. The van der Waals surface area contributed by atoms with E-state index in [2.05, 4.69) is 10.3 Å². The van der Waals surface area contributed by atoms with Gasteiger partial charge in [-0.2, -0.15) is 0 Å². The third kappa shape index (κ3) is 3.29. The van der Waals surface area contributed by atoms with Crippen LogP contribution in [0.5, 0.6) is 0 Å². The van der Waals surface area contributed by atoms with Crippen molar-refractivity contribution in [2.75, 3.05) is 5.75 Å². The molecule has 4 rings (SSSR count). The highest BCUT2D eigenvalue weighted by Crippen LogP contribution is 2.68. The third-order valence-corrected chi connectivity index (χ3v) is 6.87. The molecule has 3 aliphatic rings. The van der Waals surface area contributed by atoms with Gasteiger partial charge in [0.2, 0.25) is 0 Å². The van der Waals surface area contributed by atoms with Crippen molar-refractivity contribution in [1.29, 1.82) is 0 Å². The minimum atomic E-state index is -1.39. The summed E-state index contributed by atoms with van der Waals surface area (Å²) in [6, 6.07) is 3.47. The van der Waals surface area contributed by atoms with Gasteiger partial charge >= 0.3 is 0 Å². The lowest BCUT2D eigenvalue weighted by Crippen LogP contribution is -2.38. The van der Waals surface area contributed by atoms with Crippen molar-refractivity contribution in [3.05, 3.63) is 45.2 Å². The quantitative estimate of drug-likeness (QED) is 0.648. The van der Waals surface area contributed by atoms with Crippen molar-refractivity contribution >= 4 is 16.5 Å². The standard InChI is InChI=1S/C17H22N2O4S/c20-16(18-13-8-10-24(11-9-13)22-23-24)14-6-7-15(19-17(14)21)12-4-2-1-3-5-12/h6-8,10,12-13H,1-5,9,11H2,(H,18,20)(H,19,21)/t13-/m1/s1. The molecule has 2 fully saturated rings. The van der Waals surface area contributed by atoms with E-state index in [1.165, 1.54) is 19.3 Å². The zero-order valence-corrected chi connectivity index (χ0v) is 14.3. The predicted octanol–water partition coefficient (Wildman–Crippen LogP) is 3.03. The SMILES string of the molecule is O=C(N[C@@H]1C=CS2(CC1)OO2)c1ccc(C2CCCCC2)[nH]c1=O. The summed E-state index contributed by atoms with van der Waals surface area (Å²) >= 11 is 0. The molecule has 1 saturated heterocycles. The molecule has 1 saturated carbocycles. The molecule has 6 nitrogen and oxygen atoms in total. The Balaban J connectivity index is 1.43. The number of H-pyrrole nitrogens is 1. The zero-order chi connectivity index (χ0) is 16.6. The maximum Gasteiger partial charge on any atom is 0.261 e. The van der Waals surface area contributed by atoms with Crippen LogP contribution in [0.25, 0.3) is 0 Å². The maximum atomic E-state index is 12.4. The minimum absolute atomic E-state index is 0.0825. The van der Waals surface area contributed by atoms with Gasteiger partial charge in [-0.3, -0.25) is 9.59 Å². The molecule has 1 aliphatic carbocycles. The number of nitrogens with one attached hydrogen (secondary N) is 2. The summed E-state index contributed by atoms with van der Waals surface area (Å²) in [5, 5.41) is 4.80. The van der Waals surface area contributed by atoms with Gasteiger partial charge < -0.3 is 10.3 Å². The van der Waals surface area contributed by atoms with Crippen LogP contribution < -0.4 is 10.9 Å². The van der Waals surface area contributed by atoms with Gasteiger partial charge in [0.05, 0.1) is 11.8 Å². The molecular formula is C17H22N2O4S. The van der Waals surface area contributed by atoms with E-state index >= 15 is 0 Å². The van der Waals surface area contributed by atoms with Crippen molar-refractivity contribution in [2.24, 2.45) is 0 Å². The molecule has 1 atom stereocenters. The van der Waals surface area contributed by atoms with Gasteiger partial charge in [0.15, 0.2) is 0 Å². The molecule has 0 aromatic carbocycles. The largest absolute Gasteiger partial charge is 0.346 e. The number of hydrogen-bond acceptors (Lipinski definition) is 4. The fraction of sp³-hybridized carbons (Fsp3) is 0.529. The fourth-order valence-corrected chi connectivity index (χ4v) is 5.16. The van der Waals surface area contributed by atoms with Gasteiger partial charge in [0, 0.05) is 11.1 Å². The van der Waals surface area contributed by atoms with Crippen molar-refractivity contribution < 1.29 is 13.5 Å². The first-order valence-corrected chi connectivity index (χ1v) is 10.3. The summed E-state index contributed by atoms with van der Waals surface area (Å²) in [5.41, 5.74) is 0.836. The second-order valence-electron chi connectivity index (χ2n) is 6.69. The van der Waals surface area contributed by atoms with Gasteiger partial charge in [-0.25, -0.2) is 0 Å². The topological polar surface area (TPSA) is 87.0 Å². The van der Waals surface area contributed by atoms with Crippen LogP contribution in [-0.2, 0) is 8.67 Å². The molecule has 0 radical (unpaired) electrons. The first-order valence-electron chi connectivity index (χ1n) is 8.56. The van der Waals surface area contributed by atoms with Crippen molar-refractivity contribution in [3.8, 4) is 0 Å². The number of amides is 1. The number of aromatic amines is 1. The number of carbonyl (C=O) groups excluding carboxylic acids is 1. The maximum absolute atomic E-state index is 12.4. The lowest BCUT2D eigenvalue weighted by Gasteiger charge is -2.23. The summed E-state index contributed by atoms with van der Waals surface area (Å²) in [4.78, 5) is 27.6. The lowest BCUT2D eigenvalue weighted by molar-refractivity contribution is 0.0850. The van der Waals surface area contributed by atoms with Crippen LogP contribution in [0, 0.1) is 0 Å². The minimum Gasteiger partial charge on any atom is -0.346 e. The Hall–Kier alpha value is -1.57. The molecule has 7 heteroatoms. The monoisotopic (exact) mass is 350 g/mol. The highest BCUT2D eigenvalue weighted by Gasteiger charge is 2.39. The molecule has 1 spiro atoms. The number of rotatable bonds is 3. The molecule has 1 aromatic rings. The highest BCUT2D eigenvalue weighted by atomic mass is 32.3. The Labute approximate surface area is 142 Å². The second-order valence-corrected chi connectivity index (χ2v) is 8.97. The van der Waals surface area contributed by atoms with E-state index in [4.69, 9.17) is 8.67 Å². The molecular weight excluding hydrogens is 328 g/mol. The average Bonchev–Trinajstić information content (AvgIpc) is 3.37. The van der Waals surface area contributed by atoms with Crippen molar-refractivity contribution in [2.45, 2.75) is 50.5 Å². The Kier molecular flexibility index (Phi) is 4.24. The number of hydrogen-bond donors (Lipinski definition) is 2. The van der Waals surface area contributed by atoms with Crippen molar-refractivity contribution in [1.82, 2.24) is 10.3 Å². The van der Waals surface area contributed by atoms with Gasteiger partial charge in [-0.1, -0.05) is 27.9 Å². The second kappa shape index (κ2) is 6.38. The van der Waals surface area contributed by atoms with Crippen LogP contribution in [0.2, 0.25) is 0 Å². The summed E-state index contributed by atoms with van der Waals surface area (Å²) in [7, 11) is -1.39. The van der Waals surface area contributed by atoms with E-state index in [0.29, 0.717) is 5.92 Å². The highest BCUT2D eigenvalue weighted by molar-refractivity contribution is 8.31. The van der Waals surface area contributed by atoms with Crippen LogP contribution in [0.3, 0.4) is 0 Å². The summed E-state index contributed by atoms with van der Waals surface area (Å²) in [5.74, 6) is 0.873. The van der Waals surface area contributed by atoms with E-state index in [0.717, 1.165) is 30.7 Å². The molecule has 24 heavy (non-hydrogen) atoms. The van der Waals surface area contributed by atoms with Gasteiger partial charge in [0.1, 0.15) is 5.56 Å². The first-order chi connectivity index (χ1) is 11.7. The average molecular weight is 350 g/mol. The third-order valence-electron chi connectivity index (χ3n) is 5.01. The Morgan fingerprint density at radius 3 is 2.58 bits per heavy atom. The van der Waals surface area contributed by atoms with Crippen LogP contribution in [0.4, 0.5) is 0 Å². The number of aromatic nitrogens is 1. The van der Waals surface area contributed by atoms with E-state index in [-0.39, 0.29) is 23.1 Å². The van der Waals surface area contributed by atoms with Crippen LogP contribution in [0.15, 0.2) is 28.4 Å². The predicted molar refractivity (Wildman–Crippen MR) is 92.5 cm³/mol. The smallest absolute Gasteiger partial charge is 0.261 e. The van der Waals surface area contributed by atoms with Crippen LogP contribution >= 0.6 is 10.6 Å². The Morgan fingerprint density at radius 1 is 1.17 bits per heavy atom. The number of carbonyl (C=O) groups is 1. The van der Waals surface area contributed by atoms with Crippen LogP contribution in [-0.4, -0.2) is 22.7 Å². The van der Waals surface area contributed by atoms with Gasteiger partial charge in [-0.15, -0.1) is 10.6 Å². The van der Waals surface area contributed by atoms with E-state index in [1.807, 2.05) is 17.6 Å². The molecule has 2 aliphatic heterocycles. The van der Waals surface area contributed by atoms with E-state index < -0.39 is 10.6 Å². The lowest BCUT2D eigenvalue weighted by atomic mass is 9.86. The summed E-state index contributed by atoms with van der Waals surface area (Å²) in [6.07, 6.45) is 8.57. The van der Waals surface area contributed by atoms with Gasteiger partial charge in [-0.05, 0) is 43.4 Å². The molecule has 0 bridgehead atoms. The van der Waals surface area contributed by atoms with E-state index in [1.54, 1.807) is 6.07 Å². The summed E-state index contributed by atoms with van der Waals surface area (Å²) in [6.45, 7) is 0. The molecule has 3 heterocycles. The molecule has 0 unspecified atom stereocenters. The first kappa shape index (κ1) is 15.9. The molecule has 2 N–H and O–H groups in total. The molecule has 1 amide bonds. The fourth-order valence-electron chi connectivity index (χ4n) is 3.50. The molecule has 1 aromatic heterocycles.